The van der Waals surface area contributed by atoms with Gasteiger partial charge in [-0.1, -0.05) is 231 Å². The standard InChI is InChI=1S/C55H105O13P/c1-3-5-7-9-11-13-15-17-19-21-23-24-25-26-28-29-31-33-35-37-39-41-43-48(56)65-45-47(46-66-69(63,64)68-55-53(61)51(59)50(58)52(60)54(55)62)67-49(57)44-42-40-38-36-34-32-30-27-22-20-18-16-14-12-10-8-6-4-2/h20,22,47,50-55,58-62H,3-19,21,23-46H2,1-2H3,(H,63,64)/b22-20-. The van der Waals surface area contributed by atoms with Crippen molar-refractivity contribution in [1.29, 1.82) is 0 Å². The zero-order valence-corrected chi connectivity index (χ0v) is 44.8. The molecule has 0 heterocycles. The number of esters is 2. The lowest BCUT2D eigenvalue weighted by Crippen LogP contribution is -2.64. The van der Waals surface area contributed by atoms with Gasteiger partial charge in [0.25, 0.3) is 0 Å². The summed E-state index contributed by atoms with van der Waals surface area (Å²) in [6, 6.07) is 0. The van der Waals surface area contributed by atoms with Crippen molar-refractivity contribution < 1.29 is 63.1 Å². The Bertz CT molecular complexity index is 1250. The Balaban J connectivity index is 2.33. The summed E-state index contributed by atoms with van der Waals surface area (Å²) in [7, 11) is -5.12. The van der Waals surface area contributed by atoms with Crippen LogP contribution in [0, 0.1) is 0 Å². The van der Waals surface area contributed by atoms with Gasteiger partial charge >= 0.3 is 19.8 Å². The highest BCUT2D eigenvalue weighted by molar-refractivity contribution is 7.47. The van der Waals surface area contributed by atoms with Gasteiger partial charge < -0.3 is 39.9 Å². The number of phosphoric acid groups is 1. The highest BCUT2D eigenvalue weighted by Crippen LogP contribution is 2.47. The van der Waals surface area contributed by atoms with Gasteiger partial charge in [0.2, 0.25) is 0 Å². The van der Waals surface area contributed by atoms with Crippen molar-refractivity contribution in [2.45, 2.75) is 313 Å². The molecule has 14 heteroatoms. The van der Waals surface area contributed by atoms with E-state index >= 15 is 0 Å². The lowest BCUT2D eigenvalue weighted by atomic mass is 9.85. The summed E-state index contributed by atoms with van der Waals surface area (Å²) in [5.41, 5.74) is 0. The van der Waals surface area contributed by atoms with Crippen LogP contribution < -0.4 is 0 Å². The molecule has 0 saturated heterocycles. The Kier molecular flexibility index (Phi) is 43.0. The number of hydrogen-bond donors (Lipinski definition) is 6. The molecule has 0 aliphatic heterocycles. The maximum absolute atomic E-state index is 12.9. The van der Waals surface area contributed by atoms with Crippen LogP contribution >= 0.6 is 7.82 Å². The van der Waals surface area contributed by atoms with Crippen LogP contribution in [-0.4, -0.2) is 98.3 Å². The third kappa shape index (κ3) is 37.1. The first-order valence-electron chi connectivity index (χ1n) is 28.5. The average Bonchev–Trinajstić information content (AvgIpc) is 3.33. The molecule has 0 spiro atoms. The minimum Gasteiger partial charge on any atom is -0.462 e. The predicted octanol–water partition coefficient (Wildman–Crippen LogP) is 13.0. The Hall–Kier alpha value is -1.41. The first-order chi connectivity index (χ1) is 33.4. The third-order valence-corrected chi connectivity index (χ3v) is 14.6. The van der Waals surface area contributed by atoms with Crippen molar-refractivity contribution in [3.05, 3.63) is 12.2 Å². The zero-order chi connectivity index (χ0) is 50.6. The van der Waals surface area contributed by atoms with Crippen LogP contribution in [0.15, 0.2) is 12.2 Å². The van der Waals surface area contributed by atoms with E-state index in [9.17, 15) is 44.6 Å². The Labute approximate surface area is 420 Å². The van der Waals surface area contributed by atoms with Crippen LogP contribution in [0.2, 0.25) is 0 Å². The molecular formula is C55H105O13P. The van der Waals surface area contributed by atoms with Crippen LogP contribution in [-0.2, 0) is 32.7 Å². The van der Waals surface area contributed by atoms with Crippen LogP contribution in [0.5, 0.6) is 0 Å². The van der Waals surface area contributed by atoms with E-state index in [0.29, 0.717) is 12.8 Å². The lowest BCUT2D eigenvalue weighted by molar-refractivity contribution is -0.220. The summed E-state index contributed by atoms with van der Waals surface area (Å²) >= 11 is 0. The van der Waals surface area contributed by atoms with Gasteiger partial charge in [-0.15, -0.1) is 0 Å². The molecule has 1 fully saturated rings. The monoisotopic (exact) mass is 1000 g/mol. The van der Waals surface area contributed by atoms with Crippen molar-refractivity contribution in [3.8, 4) is 0 Å². The zero-order valence-electron chi connectivity index (χ0n) is 43.9. The Morgan fingerprint density at radius 1 is 0.435 bits per heavy atom. The molecule has 1 aliphatic rings. The van der Waals surface area contributed by atoms with Gasteiger partial charge in [-0.25, -0.2) is 4.57 Å². The van der Waals surface area contributed by atoms with Crippen molar-refractivity contribution >= 4 is 19.8 Å². The molecular weight excluding hydrogens is 900 g/mol. The summed E-state index contributed by atoms with van der Waals surface area (Å²) in [6.45, 7) is 3.36. The van der Waals surface area contributed by atoms with Crippen LogP contribution in [0.25, 0.3) is 0 Å². The fraction of sp³-hybridized carbons (Fsp3) is 0.927. The van der Waals surface area contributed by atoms with Gasteiger partial charge in [0, 0.05) is 12.8 Å². The number of carbonyl (C=O) groups is 2. The third-order valence-electron chi connectivity index (χ3n) is 13.6. The normalized spacial score (nSPS) is 20.9. The number of aliphatic hydroxyl groups is 5. The molecule has 13 nitrogen and oxygen atoms in total. The summed E-state index contributed by atoms with van der Waals surface area (Å²) in [4.78, 5) is 35.9. The second-order valence-corrected chi connectivity index (χ2v) is 21.6. The van der Waals surface area contributed by atoms with Gasteiger partial charge in [-0.3, -0.25) is 18.6 Å². The molecule has 6 atom stereocenters. The first kappa shape index (κ1) is 65.6. The largest absolute Gasteiger partial charge is 0.472 e. The molecule has 408 valence electrons. The topological polar surface area (TPSA) is 210 Å². The van der Waals surface area contributed by atoms with E-state index in [4.69, 9.17) is 18.5 Å². The van der Waals surface area contributed by atoms with Crippen LogP contribution in [0.4, 0.5) is 0 Å². The fourth-order valence-corrected chi connectivity index (χ4v) is 10.0. The molecule has 0 aromatic rings. The minimum atomic E-state index is -5.12. The highest BCUT2D eigenvalue weighted by Gasteiger charge is 2.51. The van der Waals surface area contributed by atoms with Gasteiger partial charge in [-0.2, -0.15) is 0 Å². The number of hydrogen-bond acceptors (Lipinski definition) is 12. The molecule has 0 aromatic carbocycles. The van der Waals surface area contributed by atoms with Crippen molar-refractivity contribution in [2.75, 3.05) is 13.2 Å². The second-order valence-electron chi connectivity index (χ2n) is 20.2. The van der Waals surface area contributed by atoms with E-state index in [2.05, 4.69) is 26.0 Å². The number of rotatable bonds is 49. The van der Waals surface area contributed by atoms with E-state index in [1.807, 2.05) is 0 Å². The quantitative estimate of drug-likeness (QED) is 0.0145. The second kappa shape index (κ2) is 45.2. The van der Waals surface area contributed by atoms with Gasteiger partial charge in [0.15, 0.2) is 6.10 Å². The summed E-state index contributed by atoms with van der Waals surface area (Å²) in [5, 5.41) is 50.4. The predicted molar refractivity (Wildman–Crippen MR) is 277 cm³/mol. The van der Waals surface area contributed by atoms with E-state index in [-0.39, 0.29) is 12.8 Å². The SMILES string of the molecule is CCCCCCCCC/C=C\CCCCCCCCCC(=O)OC(COC(=O)CCCCCCCCCCCCCCCCCCCCCCCC)COP(=O)(O)OC1C(O)C(O)C(O)C(O)C1O. The van der Waals surface area contributed by atoms with Crippen molar-refractivity contribution in [1.82, 2.24) is 0 Å². The number of allylic oxidation sites excluding steroid dienone is 2. The van der Waals surface area contributed by atoms with Gasteiger partial charge in [-0.05, 0) is 38.5 Å². The molecule has 0 bridgehead atoms. The van der Waals surface area contributed by atoms with Crippen LogP contribution in [0.3, 0.4) is 0 Å². The molecule has 1 saturated carbocycles. The highest BCUT2D eigenvalue weighted by atomic mass is 31.2. The van der Waals surface area contributed by atoms with Crippen LogP contribution in [0.1, 0.15) is 271 Å². The molecule has 1 aliphatic carbocycles. The lowest BCUT2D eigenvalue weighted by Gasteiger charge is -2.41. The van der Waals surface area contributed by atoms with Crippen molar-refractivity contribution in [3.63, 3.8) is 0 Å². The minimum absolute atomic E-state index is 0.0965. The molecule has 6 unspecified atom stereocenters. The van der Waals surface area contributed by atoms with E-state index in [1.54, 1.807) is 0 Å². The molecule has 0 amide bonds. The molecule has 0 radical (unpaired) electrons. The molecule has 6 N–H and O–H groups in total. The number of phosphoric ester groups is 1. The summed E-state index contributed by atoms with van der Waals surface area (Å²) in [5.74, 6) is -1.09. The first-order valence-corrected chi connectivity index (χ1v) is 30.0. The van der Waals surface area contributed by atoms with Crippen molar-refractivity contribution in [2.24, 2.45) is 0 Å². The Morgan fingerprint density at radius 2 is 0.739 bits per heavy atom. The summed E-state index contributed by atoms with van der Waals surface area (Å²) < 4.78 is 33.7. The molecule has 0 aromatic heterocycles. The number of ether oxygens (including phenoxy) is 2. The van der Waals surface area contributed by atoms with E-state index in [1.165, 1.54) is 180 Å². The molecule has 69 heavy (non-hydrogen) atoms. The molecule has 1 rings (SSSR count). The van der Waals surface area contributed by atoms with Gasteiger partial charge in [0.05, 0.1) is 6.61 Å². The number of unbranched alkanes of at least 4 members (excludes halogenated alkanes) is 35. The number of carbonyl (C=O) groups excluding carboxylic acids is 2. The maximum atomic E-state index is 12.9. The average molecular weight is 1010 g/mol. The maximum Gasteiger partial charge on any atom is 0.472 e. The summed E-state index contributed by atoms with van der Waals surface area (Å²) in [6.07, 6.45) is 38.3. The van der Waals surface area contributed by atoms with E-state index in [0.717, 1.165) is 51.4 Å². The Morgan fingerprint density at radius 3 is 1.10 bits per heavy atom. The smallest absolute Gasteiger partial charge is 0.462 e. The van der Waals surface area contributed by atoms with E-state index < -0.39 is 75.7 Å². The fourth-order valence-electron chi connectivity index (χ4n) is 9.05. The number of aliphatic hydroxyl groups excluding tert-OH is 5. The van der Waals surface area contributed by atoms with Gasteiger partial charge in [0.1, 0.15) is 43.2 Å².